The van der Waals surface area contributed by atoms with Gasteiger partial charge in [0.1, 0.15) is 4.83 Å². The van der Waals surface area contributed by atoms with E-state index in [0.717, 1.165) is 0 Å². The molecule has 0 saturated heterocycles. The Hall–Kier alpha value is -0.310. The minimum absolute atomic E-state index is 0.189. The van der Waals surface area contributed by atoms with Crippen molar-refractivity contribution in [2.45, 2.75) is 25.1 Å². The number of allylic oxidation sites excluding steroid dienone is 2. The quantitative estimate of drug-likeness (QED) is 0.413. The molecule has 0 amide bonds. The molecular weight excluding hydrogens is 208 g/mol. The van der Waals surface area contributed by atoms with Gasteiger partial charge in [-0.2, -0.15) is 0 Å². The highest BCUT2D eigenvalue weighted by Crippen LogP contribution is 2.07. The van der Waals surface area contributed by atoms with E-state index in [1.54, 1.807) is 6.92 Å². The third-order valence-electron chi connectivity index (χ3n) is 1.12. The monoisotopic (exact) mass is 220 g/mol. The lowest BCUT2D eigenvalue weighted by atomic mass is 10.3. The van der Waals surface area contributed by atoms with Crippen LogP contribution in [0.3, 0.4) is 0 Å². The molecule has 2 nitrogen and oxygen atoms in total. The van der Waals surface area contributed by atoms with E-state index in [1.165, 1.54) is 0 Å². The van der Waals surface area contributed by atoms with Gasteiger partial charge in [0.15, 0.2) is 0 Å². The van der Waals surface area contributed by atoms with Crippen LogP contribution in [-0.4, -0.2) is 17.4 Å². The third kappa shape index (κ3) is 5.01. The molecule has 1 unspecified atom stereocenters. The summed E-state index contributed by atoms with van der Waals surface area (Å²) in [5.41, 5.74) is 0. The van der Waals surface area contributed by atoms with Gasteiger partial charge in [-0.1, -0.05) is 28.1 Å². The first-order valence-electron chi connectivity index (χ1n) is 3.64. The average Bonchev–Trinajstić information content (AvgIpc) is 2.00. The number of ether oxygens (including phenoxy) is 1. The lowest BCUT2D eigenvalue weighted by molar-refractivity contribution is -0.142. The van der Waals surface area contributed by atoms with Crippen molar-refractivity contribution >= 4 is 21.9 Å². The first-order chi connectivity index (χ1) is 5.22. The minimum atomic E-state index is -0.196. The summed E-state index contributed by atoms with van der Waals surface area (Å²) in [6, 6.07) is 0. The largest absolute Gasteiger partial charge is 0.465 e. The minimum Gasteiger partial charge on any atom is -0.465 e. The molecule has 3 heteroatoms. The topological polar surface area (TPSA) is 26.3 Å². The molecule has 0 radical (unpaired) electrons. The first kappa shape index (κ1) is 10.7. The van der Waals surface area contributed by atoms with Crippen LogP contribution >= 0.6 is 15.9 Å². The summed E-state index contributed by atoms with van der Waals surface area (Å²) < 4.78 is 4.78. The fourth-order valence-corrected chi connectivity index (χ4v) is 0.932. The van der Waals surface area contributed by atoms with Gasteiger partial charge in [0.25, 0.3) is 0 Å². The van der Waals surface area contributed by atoms with Crippen LogP contribution in [0.1, 0.15) is 20.3 Å². The molecule has 0 aliphatic heterocycles. The summed E-state index contributed by atoms with van der Waals surface area (Å²) in [4.78, 5) is 10.8. The van der Waals surface area contributed by atoms with Crippen molar-refractivity contribution in [3.8, 4) is 0 Å². The van der Waals surface area contributed by atoms with Crippen molar-refractivity contribution in [2.75, 3.05) is 6.61 Å². The van der Waals surface area contributed by atoms with Crippen LogP contribution in [0.25, 0.3) is 0 Å². The van der Waals surface area contributed by atoms with Gasteiger partial charge in [-0.3, -0.25) is 4.79 Å². The van der Waals surface area contributed by atoms with Crippen molar-refractivity contribution in [2.24, 2.45) is 0 Å². The van der Waals surface area contributed by atoms with Gasteiger partial charge in [0.05, 0.1) is 6.61 Å². The highest BCUT2D eigenvalue weighted by molar-refractivity contribution is 9.10. The normalized spacial score (nSPS) is 13.4. The van der Waals surface area contributed by atoms with E-state index in [4.69, 9.17) is 4.74 Å². The Bertz CT molecular complexity index is 143. The molecule has 0 aliphatic rings. The Morgan fingerprint density at radius 1 is 1.73 bits per heavy atom. The fraction of sp³-hybridized carbons (Fsp3) is 0.625. The molecule has 0 aromatic heterocycles. The molecule has 0 aliphatic carbocycles. The van der Waals surface area contributed by atoms with Crippen LogP contribution in [0.15, 0.2) is 12.2 Å². The second-order valence-corrected chi connectivity index (χ2v) is 3.13. The molecule has 0 rings (SSSR count). The van der Waals surface area contributed by atoms with E-state index in [0.29, 0.717) is 13.0 Å². The van der Waals surface area contributed by atoms with Crippen molar-refractivity contribution in [3.63, 3.8) is 0 Å². The Kier molecular flexibility index (Phi) is 6.22. The van der Waals surface area contributed by atoms with E-state index in [9.17, 15) is 4.79 Å². The molecule has 11 heavy (non-hydrogen) atoms. The van der Waals surface area contributed by atoms with Crippen molar-refractivity contribution in [1.82, 2.24) is 0 Å². The average molecular weight is 221 g/mol. The summed E-state index contributed by atoms with van der Waals surface area (Å²) in [6.07, 6.45) is 4.53. The summed E-state index contributed by atoms with van der Waals surface area (Å²) in [5, 5.41) is 0. The number of alkyl halides is 1. The van der Waals surface area contributed by atoms with Crippen LogP contribution in [0, 0.1) is 0 Å². The van der Waals surface area contributed by atoms with Gasteiger partial charge in [0.2, 0.25) is 0 Å². The zero-order chi connectivity index (χ0) is 8.69. The number of hydrogen-bond donors (Lipinski definition) is 0. The van der Waals surface area contributed by atoms with Crippen LogP contribution in [0.5, 0.6) is 0 Å². The standard InChI is InChI=1S/C8H13BrO2/c1-3-5-6-7(9)8(10)11-4-2/h3,5,7H,4,6H2,1-2H3/b5-3+. The lowest BCUT2D eigenvalue weighted by Gasteiger charge is -2.04. The summed E-state index contributed by atoms with van der Waals surface area (Å²) >= 11 is 3.22. The molecule has 0 aromatic rings. The molecule has 0 fully saturated rings. The number of rotatable bonds is 4. The smallest absolute Gasteiger partial charge is 0.320 e. The van der Waals surface area contributed by atoms with Crippen LogP contribution in [0.2, 0.25) is 0 Å². The van der Waals surface area contributed by atoms with Gasteiger partial charge in [-0.25, -0.2) is 0 Å². The maximum absolute atomic E-state index is 10.9. The van der Waals surface area contributed by atoms with Crippen molar-refractivity contribution < 1.29 is 9.53 Å². The highest BCUT2D eigenvalue weighted by atomic mass is 79.9. The van der Waals surface area contributed by atoms with Gasteiger partial charge in [-0.05, 0) is 20.3 Å². The highest BCUT2D eigenvalue weighted by Gasteiger charge is 2.12. The van der Waals surface area contributed by atoms with Gasteiger partial charge < -0.3 is 4.74 Å². The molecule has 0 aromatic carbocycles. The second kappa shape index (κ2) is 6.40. The van der Waals surface area contributed by atoms with Crippen molar-refractivity contribution in [3.05, 3.63) is 12.2 Å². The number of hydrogen-bond acceptors (Lipinski definition) is 2. The van der Waals surface area contributed by atoms with E-state index >= 15 is 0 Å². The number of halogens is 1. The Labute approximate surface area is 75.7 Å². The first-order valence-corrected chi connectivity index (χ1v) is 4.55. The zero-order valence-electron chi connectivity index (χ0n) is 6.84. The maximum atomic E-state index is 10.9. The molecule has 0 N–H and O–H groups in total. The molecular formula is C8H13BrO2. The van der Waals surface area contributed by atoms with Gasteiger partial charge >= 0.3 is 5.97 Å². The number of carbonyl (C=O) groups excluding carboxylic acids is 1. The summed E-state index contributed by atoms with van der Waals surface area (Å²) in [7, 11) is 0. The van der Waals surface area contributed by atoms with E-state index < -0.39 is 0 Å². The Balaban J connectivity index is 3.63. The van der Waals surface area contributed by atoms with Crippen LogP contribution in [0.4, 0.5) is 0 Å². The van der Waals surface area contributed by atoms with E-state index in [-0.39, 0.29) is 10.8 Å². The SMILES string of the molecule is C/C=C/CC(Br)C(=O)OCC. The summed E-state index contributed by atoms with van der Waals surface area (Å²) in [6.45, 7) is 4.16. The van der Waals surface area contributed by atoms with Gasteiger partial charge in [-0.15, -0.1) is 0 Å². The van der Waals surface area contributed by atoms with Crippen LogP contribution in [-0.2, 0) is 9.53 Å². The molecule has 0 spiro atoms. The molecule has 0 bridgehead atoms. The maximum Gasteiger partial charge on any atom is 0.320 e. The molecule has 64 valence electrons. The molecule has 1 atom stereocenters. The number of esters is 1. The predicted molar refractivity (Wildman–Crippen MR) is 48.8 cm³/mol. The fourth-order valence-electron chi connectivity index (χ4n) is 0.584. The Morgan fingerprint density at radius 3 is 2.82 bits per heavy atom. The number of carbonyl (C=O) groups is 1. The van der Waals surface area contributed by atoms with E-state index in [2.05, 4.69) is 15.9 Å². The van der Waals surface area contributed by atoms with Crippen molar-refractivity contribution in [1.29, 1.82) is 0 Å². The van der Waals surface area contributed by atoms with E-state index in [1.807, 2.05) is 19.1 Å². The van der Waals surface area contributed by atoms with Gasteiger partial charge in [0, 0.05) is 0 Å². The third-order valence-corrected chi connectivity index (χ3v) is 1.87. The lowest BCUT2D eigenvalue weighted by Crippen LogP contribution is -2.16. The molecule has 0 saturated carbocycles. The molecule has 0 heterocycles. The second-order valence-electron chi connectivity index (χ2n) is 2.02. The Morgan fingerprint density at radius 2 is 2.36 bits per heavy atom. The zero-order valence-corrected chi connectivity index (χ0v) is 8.43. The predicted octanol–water partition coefficient (Wildman–Crippen LogP) is 2.28. The summed E-state index contributed by atoms with van der Waals surface area (Å²) in [5.74, 6) is -0.189. The van der Waals surface area contributed by atoms with Crippen LogP contribution < -0.4 is 0 Å².